The Morgan fingerprint density at radius 2 is 0.750 bits per heavy atom. The Morgan fingerprint density at radius 1 is 0.500 bits per heavy atom. The predicted octanol–water partition coefficient (Wildman–Crippen LogP) is -0.376. The summed E-state index contributed by atoms with van der Waals surface area (Å²) in [4.78, 5) is 10.5. The Balaban J connectivity index is 2.99. The van der Waals surface area contributed by atoms with Crippen molar-refractivity contribution in [3.8, 4) is 0 Å². The zero-order valence-corrected chi connectivity index (χ0v) is 17.1. The summed E-state index contributed by atoms with van der Waals surface area (Å²) < 4.78 is 42.1. The lowest BCUT2D eigenvalue weighted by molar-refractivity contribution is -0.119. The van der Waals surface area contributed by atoms with Gasteiger partial charge >= 0.3 is 0 Å². The number of nitrogens with two attached hydrogens (primary N) is 1. The van der Waals surface area contributed by atoms with Crippen LogP contribution in [0.15, 0.2) is 0 Å². The number of hydrogen-bond donors (Lipinski definition) is 1. The molecule has 168 valence electrons. The van der Waals surface area contributed by atoms with Gasteiger partial charge in [-0.05, 0) is 0 Å². The van der Waals surface area contributed by atoms with Gasteiger partial charge in [0.15, 0.2) is 0 Å². The van der Waals surface area contributed by atoms with Crippen LogP contribution in [0.1, 0.15) is 6.42 Å². The fraction of sp³-hybridized carbons (Fsp3) is 0.944. The number of hydrogen-bond acceptors (Lipinski definition) is 9. The molecule has 0 atom stereocenters. The van der Waals surface area contributed by atoms with Crippen molar-refractivity contribution in [3.05, 3.63) is 0 Å². The molecule has 0 bridgehead atoms. The van der Waals surface area contributed by atoms with Crippen molar-refractivity contribution in [2.24, 2.45) is 5.73 Å². The van der Waals surface area contributed by atoms with E-state index < -0.39 is 0 Å². The van der Waals surface area contributed by atoms with Gasteiger partial charge in [-0.25, -0.2) is 0 Å². The molecule has 0 aliphatic carbocycles. The van der Waals surface area contributed by atoms with Gasteiger partial charge in [0, 0.05) is 13.5 Å². The first-order valence-corrected chi connectivity index (χ1v) is 9.58. The molecule has 0 aromatic carbocycles. The van der Waals surface area contributed by atoms with E-state index in [1.165, 1.54) is 0 Å². The number of rotatable bonds is 24. The molecule has 2 N–H and O–H groups in total. The van der Waals surface area contributed by atoms with Crippen LogP contribution in [0.3, 0.4) is 0 Å². The number of primary amides is 1. The summed E-state index contributed by atoms with van der Waals surface area (Å²) >= 11 is 0. The molecule has 0 saturated heterocycles. The first-order valence-electron chi connectivity index (χ1n) is 9.58. The standard InChI is InChI=1S/C18H37NO9/c1-21-4-5-23-8-9-25-12-13-27-16-17-28-15-14-26-11-10-24-7-6-22-3-2-18(19)20/h2-17H2,1H3,(H2,19,20). The van der Waals surface area contributed by atoms with E-state index in [0.29, 0.717) is 99.1 Å². The smallest absolute Gasteiger partial charge is 0.219 e. The molecule has 0 fully saturated rings. The topological polar surface area (TPSA) is 117 Å². The second-order valence-corrected chi connectivity index (χ2v) is 5.50. The SMILES string of the molecule is COCCOCCOCCOCCOCCOCCOCCOCCC(N)=O. The molecular formula is C18H37NO9. The van der Waals surface area contributed by atoms with Crippen molar-refractivity contribution < 1.29 is 42.7 Å². The molecule has 0 unspecified atom stereocenters. The number of ether oxygens (including phenoxy) is 8. The van der Waals surface area contributed by atoms with Crippen molar-refractivity contribution in [1.82, 2.24) is 0 Å². The summed E-state index contributed by atoms with van der Waals surface area (Å²) in [5, 5.41) is 0. The summed E-state index contributed by atoms with van der Waals surface area (Å²) in [6.07, 6.45) is 0.229. The van der Waals surface area contributed by atoms with Gasteiger partial charge in [-0.15, -0.1) is 0 Å². The van der Waals surface area contributed by atoms with E-state index in [1.807, 2.05) is 0 Å². The number of amides is 1. The maximum atomic E-state index is 10.5. The number of carbonyl (C=O) groups is 1. The Bertz CT molecular complexity index is 321. The first kappa shape index (κ1) is 27.1. The second-order valence-electron chi connectivity index (χ2n) is 5.50. The summed E-state index contributed by atoms with van der Waals surface area (Å²) in [6.45, 7) is 7.60. The van der Waals surface area contributed by atoms with Crippen LogP contribution in [-0.4, -0.2) is 112 Å². The van der Waals surface area contributed by atoms with Crippen LogP contribution in [0, 0.1) is 0 Å². The average Bonchev–Trinajstić information content (AvgIpc) is 2.68. The molecule has 0 aliphatic heterocycles. The molecule has 0 aromatic rings. The zero-order valence-electron chi connectivity index (χ0n) is 17.1. The molecule has 10 nitrogen and oxygen atoms in total. The average molecular weight is 411 g/mol. The van der Waals surface area contributed by atoms with Crippen LogP contribution in [0.5, 0.6) is 0 Å². The predicted molar refractivity (Wildman–Crippen MR) is 101 cm³/mol. The molecule has 1 amide bonds. The fourth-order valence-electron chi connectivity index (χ4n) is 1.74. The second kappa shape index (κ2) is 24.2. The Labute approximate surface area is 167 Å². The third-order valence-electron chi connectivity index (χ3n) is 3.16. The van der Waals surface area contributed by atoms with Gasteiger partial charge in [0.2, 0.25) is 5.91 Å². The third kappa shape index (κ3) is 25.1. The van der Waals surface area contributed by atoms with E-state index >= 15 is 0 Å². The minimum absolute atomic E-state index is 0.229. The van der Waals surface area contributed by atoms with Crippen molar-refractivity contribution in [3.63, 3.8) is 0 Å². The van der Waals surface area contributed by atoms with Crippen LogP contribution in [-0.2, 0) is 42.7 Å². The van der Waals surface area contributed by atoms with Gasteiger partial charge in [-0.1, -0.05) is 0 Å². The molecule has 0 spiro atoms. The molecule has 10 heteroatoms. The van der Waals surface area contributed by atoms with Crippen molar-refractivity contribution in [2.45, 2.75) is 6.42 Å². The normalized spacial score (nSPS) is 11.2. The van der Waals surface area contributed by atoms with Gasteiger partial charge < -0.3 is 43.6 Å². The first-order chi connectivity index (χ1) is 13.8. The van der Waals surface area contributed by atoms with Gasteiger partial charge in [0.1, 0.15) is 0 Å². The molecule has 0 rings (SSSR count). The van der Waals surface area contributed by atoms with E-state index in [2.05, 4.69) is 0 Å². The monoisotopic (exact) mass is 411 g/mol. The summed E-state index contributed by atoms with van der Waals surface area (Å²) in [5.41, 5.74) is 4.99. The summed E-state index contributed by atoms with van der Waals surface area (Å²) in [5.74, 6) is -0.368. The molecule has 0 saturated carbocycles. The summed E-state index contributed by atoms with van der Waals surface area (Å²) in [7, 11) is 1.64. The lowest BCUT2D eigenvalue weighted by atomic mass is 10.4. The van der Waals surface area contributed by atoms with Crippen LogP contribution >= 0.6 is 0 Å². The quantitative estimate of drug-likeness (QED) is 0.212. The van der Waals surface area contributed by atoms with Gasteiger partial charge in [-0.3, -0.25) is 4.79 Å². The molecule has 0 aromatic heterocycles. The van der Waals surface area contributed by atoms with Crippen molar-refractivity contribution >= 4 is 5.91 Å². The highest BCUT2D eigenvalue weighted by Crippen LogP contribution is 1.86. The largest absolute Gasteiger partial charge is 0.382 e. The minimum Gasteiger partial charge on any atom is -0.382 e. The van der Waals surface area contributed by atoms with Crippen LogP contribution in [0.4, 0.5) is 0 Å². The number of carbonyl (C=O) groups excluding carboxylic acids is 1. The van der Waals surface area contributed by atoms with Crippen molar-refractivity contribution in [2.75, 3.05) is 106 Å². The van der Waals surface area contributed by atoms with E-state index in [0.717, 1.165) is 0 Å². The summed E-state index contributed by atoms with van der Waals surface area (Å²) in [6, 6.07) is 0. The minimum atomic E-state index is -0.368. The van der Waals surface area contributed by atoms with E-state index in [-0.39, 0.29) is 12.3 Å². The Kier molecular flexibility index (Phi) is 23.5. The maximum absolute atomic E-state index is 10.5. The molecule has 28 heavy (non-hydrogen) atoms. The van der Waals surface area contributed by atoms with Crippen LogP contribution < -0.4 is 5.73 Å². The molecule has 0 radical (unpaired) electrons. The third-order valence-corrected chi connectivity index (χ3v) is 3.16. The van der Waals surface area contributed by atoms with E-state index in [4.69, 9.17) is 43.6 Å². The lowest BCUT2D eigenvalue weighted by Gasteiger charge is -2.08. The maximum Gasteiger partial charge on any atom is 0.219 e. The molecule has 0 heterocycles. The zero-order chi connectivity index (χ0) is 20.5. The highest BCUT2D eigenvalue weighted by atomic mass is 16.6. The van der Waals surface area contributed by atoms with Gasteiger partial charge in [-0.2, -0.15) is 0 Å². The van der Waals surface area contributed by atoms with E-state index in [1.54, 1.807) is 7.11 Å². The highest BCUT2D eigenvalue weighted by molar-refractivity contribution is 5.73. The Morgan fingerprint density at radius 3 is 1.00 bits per heavy atom. The number of methoxy groups -OCH3 is 1. The van der Waals surface area contributed by atoms with Crippen LogP contribution in [0.25, 0.3) is 0 Å². The van der Waals surface area contributed by atoms with Gasteiger partial charge in [0.05, 0.1) is 99.1 Å². The van der Waals surface area contributed by atoms with Crippen molar-refractivity contribution in [1.29, 1.82) is 0 Å². The lowest BCUT2D eigenvalue weighted by Crippen LogP contribution is -2.16. The van der Waals surface area contributed by atoms with E-state index in [9.17, 15) is 4.79 Å². The highest BCUT2D eigenvalue weighted by Gasteiger charge is 1.96. The van der Waals surface area contributed by atoms with Gasteiger partial charge in [0.25, 0.3) is 0 Å². The molecular weight excluding hydrogens is 374 g/mol. The fourth-order valence-corrected chi connectivity index (χ4v) is 1.74. The molecule has 0 aliphatic rings. The van der Waals surface area contributed by atoms with Crippen LogP contribution in [0.2, 0.25) is 0 Å². The Hall–Kier alpha value is -0.850.